The van der Waals surface area contributed by atoms with E-state index in [0.717, 1.165) is 0 Å². The molecule has 32 heavy (non-hydrogen) atoms. The van der Waals surface area contributed by atoms with Crippen molar-refractivity contribution >= 4 is 29.7 Å². The van der Waals surface area contributed by atoms with Crippen molar-refractivity contribution in [3.8, 4) is 0 Å². The Hall–Kier alpha value is -2.77. The van der Waals surface area contributed by atoms with E-state index in [1.165, 1.54) is 0 Å². The third kappa shape index (κ3) is 10.5. The SMILES string of the molecule is CCC(C)C(NC(=O)C(CCCCN)NC(=O)C(N)CO)C(=O)NC(CC(=O)O)C(=O)O. The summed E-state index contributed by atoms with van der Waals surface area (Å²) in [4.78, 5) is 59.8. The van der Waals surface area contributed by atoms with Gasteiger partial charge in [0.05, 0.1) is 13.0 Å². The van der Waals surface area contributed by atoms with Crippen molar-refractivity contribution in [2.45, 2.75) is 70.1 Å². The van der Waals surface area contributed by atoms with Crippen molar-refractivity contribution in [3.05, 3.63) is 0 Å². The third-order valence-corrected chi connectivity index (χ3v) is 4.90. The summed E-state index contributed by atoms with van der Waals surface area (Å²) in [6.07, 6.45) is 0.867. The minimum absolute atomic E-state index is 0.193. The Morgan fingerprint density at radius 2 is 1.50 bits per heavy atom. The van der Waals surface area contributed by atoms with Crippen molar-refractivity contribution in [1.82, 2.24) is 16.0 Å². The standard InChI is InChI=1S/C19H35N5O8/c1-3-10(2)15(18(30)23-13(19(31)32)8-14(26)27)24-17(29)12(6-4-5-7-20)22-16(28)11(21)9-25/h10-13,15,25H,3-9,20-21H2,1-2H3,(H,22,28)(H,23,30)(H,24,29)(H,26,27)(H,31,32). The van der Waals surface area contributed by atoms with Gasteiger partial charge >= 0.3 is 11.9 Å². The summed E-state index contributed by atoms with van der Waals surface area (Å²) in [5.41, 5.74) is 10.9. The number of amides is 3. The van der Waals surface area contributed by atoms with Gasteiger partial charge in [0.15, 0.2) is 0 Å². The zero-order valence-corrected chi connectivity index (χ0v) is 18.4. The van der Waals surface area contributed by atoms with Crippen LogP contribution in [0.1, 0.15) is 46.0 Å². The van der Waals surface area contributed by atoms with Gasteiger partial charge in [-0.3, -0.25) is 19.2 Å². The molecule has 0 heterocycles. The predicted octanol–water partition coefficient (Wildman–Crippen LogP) is -2.51. The fraction of sp³-hybridized carbons (Fsp3) is 0.737. The molecule has 13 heteroatoms. The molecule has 0 aromatic rings. The lowest BCUT2D eigenvalue weighted by molar-refractivity contribution is -0.147. The number of carboxylic acid groups (broad SMARTS) is 2. The Morgan fingerprint density at radius 3 is 1.97 bits per heavy atom. The Bertz CT molecular complexity index is 660. The second-order valence-electron chi connectivity index (χ2n) is 7.50. The molecule has 0 aliphatic heterocycles. The van der Waals surface area contributed by atoms with E-state index in [9.17, 15) is 24.0 Å². The van der Waals surface area contributed by atoms with Crippen LogP contribution in [0.2, 0.25) is 0 Å². The van der Waals surface area contributed by atoms with Crippen LogP contribution in [-0.4, -0.2) is 82.3 Å². The molecule has 3 amide bonds. The lowest BCUT2D eigenvalue weighted by atomic mass is 9.97. The second-order valence-corrected chi connectivity index (χ2v) is 7.50. The highest BCUT2D eigenvalue weighted by Crippen LogP contribution is 2.11. The highest BCUT2D eigenvalue weighted by Gasteiger charge is 2.33. The number of aliphatic hydroxyl groups excluding tert-OH is 1. The summed E-state index contributed by atoms with van der Waals surface area (Å²) in [6, 6.07) is -5.16. The number of carbonyl (C=O) groups excluding carboxylic acids is 3. The molecule has 5 unspecified atom stereocenters. The molecular formula is C19H35N5O8. The average Bonchev–Trinajstić information content (AvgIpc) is 2.74. The van der Waals surface area contributed by atoms with Crippen molar-refractivity contribution in [2.75, 3.05) is 13.2 Å². The van der Waals surface area contributed by atoms with Crippen LogP contribution in [0.15, 0.2) is 0 Å². The van der Waals surface area contributed by atoms with E-state index in [1.54, 1.807) is 13.8 Å². The van der Waals surface area contributed by atoms with E-state index in [1.807, 2.05) is 0 Å². The van der Waals surface area contributed by atoms with E-state index in [-0.39, 0.29) is 6.42 Å². The molecule has 0 spiro atoms. The van der Waals surface area contributed by atoms with Crippen molar-refractivity contribution in [2.24, 2.45) is 17.4 Å². The molecule has 0 aliphatic carbocycles. The van der Waals surface area contributed by atoms with Gasteiger partial charge in [0, 0.05) is 0 Å². The first kappa shape index (κ1) is 29.2. The summed E-state index contributed by atoms with van der Waals surface area (Å²) in [5.74, 6) is -5.69. The van der Waals surface area contributed by atoms with Crippen LogP contribution in [0, 0.1) is 5.92 Å². The first-order valence-electron chi connectivity index (χ1n) is 10.4. The number of unbranched alkanes of at least 4 members (excludes halogenated alkanes) is 1. The molecule has 0 rings (SSSR count). The van der Waals surface area contributed by atoms with Crippen LogP contribution in [0.3, 0.4) is 0 Å². The lowest BCUT2D eigenvalue weighted by Gasteiger charge is -2.28. The van der Waals surface area contributed by atoms with E-state index in [0.29, 0.717) is 25.8 Å². The van der Waals surface area contributed by atoms with Gasteiger partial charge in [-0.2, -0.15) is 0 Å². The van der Waals surface area contributed by atoms with E-state index >= 15 is 0 Å². The molecule has 13 nitrogen and oxygen atoms in total. The molecule has 0 fully saturated rings. The Labute approximate surface area is 186 Å². The van der Waals surface area contributed by atoms with Gasteiger partial charge in [0.1, 0.15) is 24.2 Å². The normalized spacial score (nSPS) is 15.5. The van der Waals surface area contributed by atoms with E-state index in [2.05, 4.69) is 16.0 Å². The lowest BCUT2D eigenvalue weighted by Crippen LogP contribution is -2.59. The third-order valence-electron chi connectivity index (χ3n) is 4.90. The Balaban J connectivity index is 5.52. The Kier molecular flexibility index (Phi) is 13.8. The maximum atomic E-state index is 12.9. The van der Waals surface area contributed by atoms with Crippen LogP contribution in [0.5, 0.6) is 0 Å². The maximum Gasteiger partial charge on any atom is 0.326 e. The quantitative estimate of drug-likeness (QED) is 0.112. The van der Waals surface area contributed by atoms with Gasteiger partial charge in [0.25, 0.3) is 0 Å². The summed E-state index contributed by atoms with van der Waals surface area (Å²) in [7, 11) is 0. The summed E-state index contributed by atoms with van der Waals surface area (Å²) in [5, 5.41) is 34.1. The number of hydrogen-bond acceptors (Lipinski definition) is 8. The summed E-state index contributed by atoms with van der Waals surface area (Å²) in [6.45, 7) is 3.16. The molecule has 0 saturated carbocycles. The van der Waals surface area contributed by atoms with Gasteiger partial charge in [-0.15, -0.1) is 0 Å². The fourth-order valence-electron chi connectivity index (χ4n) is 2.72. The Morgan fingerprint density at radius 1 is 0.906 bits per heavy atom. The van der Waals surface area contributed by atoms with Gasteiger partial charge < -0.3 is 42.7 Å². The molecule has 0 radical (unpaired) electrons. The molecule has 0 aromatic carbocycles. The van der Waals surface area contributed by atoms with Crippen molar-refractivity contribution < 1.29 is 39.3 Å². The van der Waals surface area contributed by atoms with Crippen molar-refractivity contribution in [3.63, 3.8) is 0 Å². The zero-order chi connectivity index (χ0) is 24.8. The molecule has 5 atom stereocenters. The molecule has 10 N–H and O–H groups in total. The topological polar surface area (TPSA) is 234 Å². The zero-order valence-electron chi connectivity index (χ0n) is 18.4. The number of rotatable bonds is 16. The van der Waals surface area contributed by atoms with E-state index < -0.39 is 72.8 Å². The summed E-state index contributed by atoms with van der Waals surface area (Å²) >= 11 is 0. The molecule has 184 valence electrons. The van der Waals surface area contributed by atoms with Gasteiger partial charge in [-0.05, 0) is 31.7 Å². The molecular weight excluding hydrogens is 426 g/mol. The highest BCUT2D eigenvalue weighted by molar-refractivity contribution is 5.94. The van der Waals surface area contributed by atoms with E-state index in [4.69, 9.17) is 26.8 Å². The van der Waals surface area contributed by atoms with Crippen LogP contribution in [-0.2, 0) is 24.0 Å². The van der Waals surface area contributed by atoms with Crippen molar-refractivity contribution in [1.29, 1.82) is 0 Å². The molecule has 0 aromatic heterocycles. The maximum absolute atomic E-state index is 12.9. The minimum atomic E-state index is -1.67. The number of aliphatic hydroxyl groups is 1. The first-order chi connectivity index (χ1) is 15.0. The van der Waals surface area contributed by atoms with Gasteiger partial charge in [-0.1, -0.05) is 20.3 Å². The monoisotopic (exact) mass is 461 g/mol. The second kappa shape index (κ2) is 15.1. The number of nitrogens with one attached hydrogen (secondary N) is 3. The predicted molar refractivity (Wildman–Crippen MR) is 113 cm³/mol. The minimum Gasteiger partial charge on any atom is -0.481 e. The summed E-state index contributed by atoms with van der Waals surface area (Å²) < 4.78 is 0. The molecule has 0 aliphatic rings. The first-order valence-corrected chi connectivity index (χ1v) is 10.4. The molecule has 0 saturated heterocycles. The van der Waals surface area contributed by atoms with Crippen LogP contribution in [0.25, 0.3) is 0 Å². The van der Waals surface area contributed by atoms with Crippen LogP contribution >= 0.6 is 0 Å². The van der Waals surface area contributed by atoms with Crippen LogP contribution < -0.4 is 27.4 Å². The average molecular weight is 462 g/mol. The highest BCUT2D eigenvalue weighted by atomic mass is 16.4. The number of aliphatic carboxylic acids is 2. The number of carbonyl (C=O) groups is 5. The fourth-order valence-corrected chi connectivity index (χ4v) is 2.72. The van der Waals surface area contributed by atoms with Gasteiger partial charge in [-0.25, -0.2) is 4.79 Å². The number of hydrogen-bond donors (Lipinski definition) is 8. The van der Waals surface area contributed by atoms with Crippen LogP contribution in [0.4, 0.5) is 0 Å². The largest absolute Gasteiger partial charge is 0.481 e. The van der Waals surface area contributed by atoms with Gasteiger partial charge in [0.2, 0.25) is 17.7 Å². The number of carboxylic acids is 2. The number of nitrogens with two attached hydrogens (primary N) is 2. The molecule has 0 bridgehead atoms. The smallest absolute Gasteiger partial charge is 0.326 e.